The molecule has 7 nitrogen and oxygen atoms in total. The number of benzene rings is 2. The van der Waals surface area contributed by atoms with Crippen molar-refractivity contribution in [1.29, 1.82) is 0 Å². The van der Waals surface area contributed by atoms with Crippen LogP contribution in [0.3, 0.4) is 0 Å². The first-order valence-electron chi connectivity index (χ1n) is 8.34. The van der Waals surface area contributed by atoms with Crippen molar-refractivity contribution in [3.05, 3.63) is 48.0 Å². The van der Waals surface area contributed by atoms with Gasteiger partial charge in [-0.2, -0.15) is 0 Å². The van der Waals surface area contributed by atoms with Crippen LogP contribution in [-0.4, -0.2) is 45.8 Å². The highest BCUT2D eigenvalue weighted by molar-refractivity contribution is 6.00. The topological polar surface area (TPSA) is 80.3 Å². The van der Waals surface area contributed by atoms with Crippen molar-refractivity contribution < 1.29 is 33.3 Å². The number of carbonyl (C=O) groups excluding carboxylic acids is 2. The largest absolute Gasteiger partial charge is 0.497 e. The molecule has 0 heterocycles. The van der Waals surface area contributed by atoms with Gasteiger partial charge < -0.3 is 23.7 Å². The smallest absolute Gasteiger partial charge is 0.344 e. The van der Waals surface area contributed by atoms with Gasteiger partial charge in [-0.05, 0) is 31.2 Å². The lowest BCUT2D eigenvalue weighted by molar-refractivity contribution is -0.144. The number of carbonyl (C=O) groups is 2. The summed E-state index contributed by atoms with van der Waals surface area (Å²) in [4.78, 5) is 24.2. The van der Waals surface area contributed by atoms with Crippen LogP contribution in [0.1, 0.15) is 17.3 Å². The maximum atomic E-state index is 12.3. The van der Waals surface area contributed by atoms with E-state index in [0.29, 0.717) is 35.2 Å². The lowest BCUT2D eigenvalue weighted by Crippen LogP contribution is -2.20. The minimum atomic E-state index is -0.665. The third-order valence-corrected chi connectivity index (χ3v) is 3.57. The van der Waals surface area contributed by atoms with Crippen LogP contribution in [-0.2, 0) is 9.53 Å². The number of esters is 1. The van der Waals surface area contributed by atoms with Crippen molar-refractivity contribution in [3.63, 3.8) is 0 Å². The lowest BCUT2D eigenvalue weighted by atomic mass is 10.1. The quantitative estimate of drug-likeness (QED) is 0.467. The predicted octanol–water partition coefficient (Wildman–Crippen LogP) is 2.91. The normalized spacial score (nSPS) is 10.0. The molecule has 0 atom stereocenters. The number of para-hydroxylation sites is 2. The Kier molecular flexibility index (Phi) is 7.49. The Hall–Kier alpha value is -3.22. The van der Waals surface area contributed by atoms with Gasteiger partial charge in [0.1, 0.15) is 11.5 Å². The SMILES string of the molecule is CCOc1ccccc1OCC(=O)OCC(=O)c1ccc(OC)cc1OC. The molecule has 0 saturated heterocycles. The van der Waals surface area contributed by atoms with Crippen LogP contribution in [0, 0.1) is 0 Å². The third kappa shape index (κ3) is 5.64. The summed E-state index contributed by atoms with van der Waals surface area (Å²) in [5.41, 5.74) is 0.300. The molecular formula is C20H22O7. The van der Waals surface area contributed by atoms with E-state index in [1.165, 1.54) is 14.2 Å². The fraction of sp³-hybridized carbons (Fsp3) is 0.300. The number of hydrogen-bond donors (Lipinski definition) is 0. The zero-order chi connectivity index (χ0) is 19.6. The fourth-order valence-electron chi connectivity index (χ4n) is 2.28. The van der Waals surface area contributed by atoms with Crippen LogP contribution >= 0.6 is 0 Å². The van der Waals surface area contributed by atoms with Gasteiger partial charge in [0, 0.05) is 6.07 Å². The van der Waals surface area contributed by atoms with Crippen molar-refractivity contribution in [2.24, 2.45) is 0 Å². The Labute approximate surface area is 157 Å². The molecule has 0 bridgehead atoms. The van der Waals surface area contributed by atoms with Crippen molar-refractivity contribution in [2.75, 3.05) is 34.0 Å². The van der Waals surface area contributed by atoms with Crippen LogP contribution in [0.5, 0.6) is 23.0 Å². The number of methoxy groups -OCH3 is 2. The van der Waals surface area contributed by atoms with Gasteiger partial charge in [-0.15, -0.1) is 0 Å². The zero-order valence-electron chi connectivity index (χ0n) is 15.5. The second-order valence-electron chi connectivity index (χ2n) is 5.32. The van der Waals surface area contributed by atoms with E-state index in [2.05, 4.69) is 0 Å². The average molecular weight is 374 g/mol. The maximum absolute atomic E-state index is 12.3. The summed E-state index contributed by atoms with van der Waals surface area (Å²) in [6.45, 7) is 1.57. The van der Waals surface area contributed by atoms with Crippen molar-refractivity contribution in [3.8, 4) is 23.0 Å². The molecule has 0 aliphatic carbocycles. The summed E-state index contributed by atoms with van der Waals surface area (Å²) in [5, 5.41) is 0. The van der Waals surface area contributed by atoms with Gasteiger partial charge in [-0.3, -0.25) is 4.79 Å². The molecule has 0 aromatic heterocycles. The molecule has 2 aromatic carbocycles. The van der Waals surface area contributed by atoms with Gasteiger partial charge in [0.25, 0.3) is 0 Å². The number of ether oxygens (including phenoxy) is 5. The number of rotatable bonds is 10. The summed E-state index contributed by atoms with van der Waals surface area (Å²) >= 11 is 0. The van der Waals surface area contributed by atoms with E-state index in [0.717, 1.165) is 0 Å². The summed E-state index contributed by atoms with van der Waals surface area (Å²) in [5.74, 6) is 0.810. The summed E-state index contributed by atoms with van der Waals surface area (Å²) in [7, 11) is 2.96. The van der Waals surface area contributed by atoms with Crippen molar-refractivity contribution >= 4 is 11.8 Å². The molecule has 7 heteroatoms. The Morgan fingerprint density at radius 1 is 0.852 bits per heavy atom. The number of ketones is 1. The molecule has 0 aliphatic heterocycles. The minimum Gasteiger partial charge on any atom is -0.497 e. The number of hydrogen-bond acceptors (Lipinski definition) is 7. The molecule has 2 aromatic rings. The van der Waals surface area contributed by atoms with Gasteiger partial charge in [-0.1, -0.05) is 12.1 Å². The minimum absolute atomic E-state index is 0.300. The first-order valence-corrected chi connectivity index (χ1v) is 8.34. The van der Waals surface area contributed by atoms with Gasteiger partial charge in [0.2, 0.25) is 5.78 Å². The summed E-state index contributed by atoms with van der Waals surface area (Å²) in [6, 6.07) is 11.8. The molecule has 0 spiro atoms. The second-order valence-corrected chi connectivity index (χ2v) is 5.32. The van der Waals surface area contributed by atoms with E-state index < -0.39 is 18.4 Å². The second kappa shape index (κ2) is 10.1. The van der Waals surface area contributed by atoms with E-state index in [9.17, 15) is 9.59 Å². The Balaban J connectivity index is 1.89. The zero-order valence-corrected chi connectivity index (χ0v) is 15.5. The lowest BCUT2D eigenvalue weighted by Gasteiger charge is -2.12. The monoisotopic (exact) mass is 374 g/mol. The molecule has 0 fully saturated rings. The highest BCUT2D eigenvalue weighted by Crippen LogP contribution is 2.26. The summed E-state index contributed by atoms with van der Waals surface area (Å²) < 4.78 is 26.1. The molecule has 144 valence electrons. The van der Waals surface area contributed by atoms with Gasteiger partial charge in [0.05, 0.1) is 26.4 Å². The molecular weight excluding hydrogens is 352 g/mol. The molecule has 0 amide bonds. The molecule has 0 aliphatic rings. The van der Waals surface area contributed by atoms with Gasteiger partial charge >= 0.3 is 5.97 Å². The number of Topliss-reactive ketones (excluding diaryl/α,β-unsaturated/α-hetero) is 1. The maximum Gasteiger partial charge on any atom is 0.344 e. The average Bonchev–Trinajstić information content (AvgIpc) is 2.71. The molecule has 0 unspecified atom stereocenters. The molecule has 0 N–H and O–H groups in total. The van der Waals surface area contributed by atoms with E-state index in [4.69, 9.17) is 23.7 Å². The molecule has 27 heavy (non-hydrogen) atoms. The molecule has 2 rings (SSSR count). The molecule has 0 saturated carbocycles. The Morgan fingerprint density at radius 3 is 2.19 bits per heavy atom. The van der Waals surface area contributed by atoms with E-state index in [1.807, 2.05) is 6.92 Å². The summed E-state index contributed by atoms with van der Waals surface area (Å²) in [6.07, 6.45) is 0. The third-order valence-electron chi connectivity index (χ3n) is 3.57. The highest BCUT2D eigenvalue weighted by Gasteiger charge is 2.16. The predicted molar refractivity (Wildman–Crippen MR) is 97.9 cm³/mol. The first-order chi connectivity index (χ1) is 13.1. The van der Waals surface area contributed by atoms with Crippen LogP contribution < -0.4 is 18.9 Å². The van der Waals surface area contributed by atoms with Crippen molar-refractivity contribution in [1.82, 2.24) is 0 Å². The standard InChI is InChI=1S/C20H22O7/c1-4-25-17-7-5-6-8-18(17)26-13-20(22)27-12-16(21)15-10-9-14(23-2)11-19(15)24-3/h5-11H,4,12-13H2,1-3H3. The van der Waals surface area contributed by atoms with Gasteiger partial charge in [0.15, 0.2) is 24.7 Å². The first kappa shape index (κ1) is 20.1. The van der Waals surface area contributed by atoms with E-state index >= 15 is 0 Å². The van der Waals surface area contributed by atoms with E-state index in [1.54, 1.807) is 42.5 Å². The van der Waals surface area contributed by atoms with Gasteiger partial charge in [-0.25, -0.2) is 4.79 Å². The molecule has 0 radical (unpaired) electrons. The van der Waals surface area contributed by atoms with Crippen LogP contribution in [0.25, 0.3) is 0 Å². The van der Waals surface area contributed by atoms with Crippen LogP contribution in [0.15, 0.2) is 42.5 Å². The van der Waals surface area contributed by atoms with Crippen LogP contribution in [0.2, 0.25) is 0 Å². The van der Waals surface area contributed by atoms with Crippen LogP contribution in [0.4, 0.5) is 0 Å². The Bertz CT molecular complexity index is 786. The highest BCUT2D eigenvalue weighted by atomic mass is 16.6. The van der Waals surface area contributed by atoms with E-state index in [-0.39, 0.29) is 6.61 Å². The Morgan fingerprint density at radius 2 is 1.56 bits per heavy atom. The fourth-order valence-corrected chi connectivity index (χ4v) is 2.28. The van der Waals surface area contributed by atoms with Crippen molar-refractivity contribution in [2.45, 2.75) is 6.92 Å².